The van der Waals surface area contributed by atoms with E-state index in [0.717, 1.165) is 14.0 Å². The SMILES string of the molecule is COc1c(F)c(F)c(C(C)=O)c(F)c1[N+](=O)[O-]. The van der Waals surface area contributed by atoms with Crippen molar-refractivity contribution in [2.75, 3.05) is 7.11 Å². The topological polar surface area (TPSA) is 69.4 Å². The summed E-state index contributed by atoms with van der Waals surface area (Å²) in [6.07, 6.45) is 0. The first-order chi connectivity index (χ1) is 7.82. The summed E-state index contributed by atoms with van der Waals surface area (Å²) < 4.78 is 44.3. The van der Waals surface area contributed by atoms with Gasteiger partial charge in [-0.2, -0.15) is 8.78 Å². The molecule has 0 bridgehead atoms. The van der Waals surface area contributed by atoms with Gasteiger partial charge in [-0.25, -0.2) is 4.39 Å². The minimum Gasteiger partial charge on any atom is -0.488 e. The standard InChI is InChI=1S/C9H6F3NO4/c1-3(14)4-5(10)7(12)9(17-2)8(6(4)11)13(15)16/h1-2H3. The molecule has 0 amide bonds. The molecular formula is C9H6F3NO4. The van der Waals surface area contributed by atoms with Crippen LogP contribution in [0.1, 0.15) is 17.3 Å². The second-order valence-corrected chi connectivity index (χ2v) is 3.01. The monoisotopic (exact) mass is 249 g/mol. The lowest BCUT2D eigenvalue weighted by atomic mass is 10.1. The second kappa shape index (κ2) is 4.40. The third-order valence-electron chi connectivity index (χ3n) is 1.99. The number of hydrogen-bond acceptors (Lipinski definition) is 4. The fraction of sp³-hybridized carbons (Fsp3) is 0.222. The van der Waals surface area contributed by atoms with E-state index in [-0.39, 0.29) is 0 Å². The molecule has 0 radical (unpaired) electrons. The minimum absolute atomic E-state index is 0.761. The highest BCUT2D eigenvalue weighted by Gasteiger charge is 2.34. The number of Topliss-reactive ketones (excluding diaryl/α,β-unsaturated/α-hetero) is 1. The lowest BCUT2D eigenvalue weighted by Gasteiger charge is -2.08. The Hall–Kier alpha value is -2.12. The van der Waals surface area contributed by atoms with E-state index in [4.69, 9.17) is 0 Å². The molecule has 0 aliphatic carbocycles. The van der Waals surface area contributed by atoms with Crippen molar-refractivity contribution in [3.8, 4) is 5.75 Å². The van der Waals surface area contributed by atoms with Crippen LogP contribution in [0.2, 0.25) is 0 Å². The summed E-state index contributed by atoms with van der Waals surface area (Å²) in [6, 6.07) is 0. The molecule has 92 valence electrons. The van der Waals surface area contributed by atoms with Crippen molar-refractivity contribution in [2.24, 2.45) is 0 Å². The number of halogens is 3. The summed E-state index contributed by atoms with van der Waals surface area (Å²) in [5.74, 6) is -7.68. The van der Waals surface area contributed by atoms with Crippen LogP contribution in [-0.4, -0.2) is 17.8 Å². The fourth-order valence-corrected chi connectivity index (χ4v) is 1.29. The van der Waals surface area contributed by atoms with Gasteiger partial charge in [-0.15, -0.1) is 0 Å². The number of ether oxygens (including phenoxy) is 1. The largest absolute Gasteiger partial charge is 0.488 e. The first-order valence-electron chi connectivity index (χ1n) is 4.22. The highest BCUT2D eigenvalue weighted by Crippen LogP contribution is 2.37. The summed E-state index contributed by atoms with van der Waals surface area (Å²) in [7, 11) is 0.817. The number of nitro benzene ring substituents is 1. The number of nitro groups is 1. The molecule has 17 heavy (non-hydrogen) atoms. The van der Waals surface area contributed by atoms with Crippen LogP contribution < -0.4 is 4.74 Å². The Bertz CT molecular complexity index is 516. The van der Waals surface area contributed by atoms with Crippen molar-refractivity contribution < 1.29 is 27.6 Å². The molecule has 0 unspecified atom stereocenters. The Labute approximate surface area is 93.0 Å². The molecule has 1 rings (SSSR count). The van der Waals surface area contributed by atoms with E-state index < -0.39 is 45.2 Å². The van der Waals surface area contributed by atoms with Gasteiger partial charge < -0.3 is 4.74 Å². The Kier molecular flexibility index (Phi) is 3.35. The molecule has 1 aromatic rings. The van der Waals surface area contributed by atoms with Crippen molar-refractivity contribution in [1.82, 2.24) is 0 Å². The van der Waals surface area contributed by atoms with E-state index in [1.165, 1.54) is 0 Å². The average Bonchev–Trinajstić information content (AvgIpc) is 2.21. The molecule has 0 saturated carbocycles. The van der Waals surface area contributed by atoms with E-state index in [1.54, 1.807) is 0 Å². The van der Waals surface area contributed by atoms with Gasteiger partial charge in [0.05, 0.1) is 17.6 Å². The van der Waals surface area contributed by atoms with E-state index in [2.05, 4.69) is 4.74 Å². The van der Waals surface area contributed by atoms with Crippen molar-refractivity contribution >= 4 is 11.5 Å². The number of rotatable bonds is 3. The molecule has 0 aliphatic rings. The van der Waals surface area contributed by atoms with Gasteiger partial charge in [0, 0.05) is 0 Å². The lowest BCUT2D eigenvalue weighted by Crippen LogP contribution is -2.10. The number of carbonyl (C=O) groups is 1. The number of nitrogens with zero attached hydrogens (tertiary/aromatic N) is 1. The molecule has 0 atom stereocenters. The Morgan fingerprint density at radius 2 is 1.76 bits per heavy atom. The van der Waals surface area contributed by atoms with Crippen molar-refractivity contribution in [1.29, 1.82) is 0 Å². The van der Waals surface area contributed by atoms with Crippen LogP contribution in [0.5, 0.6) is 5.75 Å². The van der Waals surface area contributed by atoms with Gasteiger partial charge in [-0.1, -0.05) is 0 Å². The van der Waals surface area contributed by atoms with Gasteiger partial charge in [0.1, 0.15) is 0 Å². The van der Waals surface area contributed by atoms with Gasteiger partial charge in [-0.05, 0) is 6.92 Å². The van der Waals surface area contributed by atoms with Gasteiger partial charge in [0.15, 0.2) is 11.6 Å². The van der Waals surface area contributed by atoms with E-state index in [0.29, 0.717) is 0 Å². The predicted octanol–water partition coefficient (Wildman–Crippen LogP) is 2.22. The molecular weight excluding hydrogens is 243 g/mol. The quantitative estimate of drug-likeness (QED) is 0.356. The summed E-state index contributed by atoms with van der Waals surface area (Å²) >= 11 is 0. The molecule has 0 saturated heterocycles. The molecule has 0 aliphatic heterocycles. The van der Waals surface area contributed by atoms with Crippen LogP contribution >= 0.6 is 0 Å². The zero-order valence-electron chi connectivity index (χ0n) is 8.71. The Morgan fingerprint density at radius 3 is 2.12 bits per heavy atom. The van der Waals surface area contributed by atoms with Crippen LogP contribution in [0.3, 0.4) is 0 Å². The van der Waals surface area contributed by atoms with Crippen LogP contribution in [-0.2, 0) is 0 Å². The molecule has 8 heteroatoms. The third kappa shape index (κ3) is 1.93. The molecule has 1 aromatic carbocycles. The highest BCUT2D eigenvalue weighted by atomic mass is 19.2. The van der Waals surface area contributed by atoms with Crippen LogP contribution in [0.25, 0.3) is 0 Å². The maximum Gasteiger partial charge on any atom is 0.350 e. The van der Waals surface area contributed by atoms with Crippen LogP contribution in [0, 0.1) is 27.6 Å². The summed E-state index contributed by atoms with van der Waals surface area (Å²) in [5.41, 5.74) is -2.70. The maximum absolute atomic E-state index is 13.5. The molecule has 5 nitrogen and oxygen atoms in total. The van der Waals surface area contributed by atoms with Gasteiger partial charge >= 0.3 is 5.69 Å². The number of hydrogen-bond donors (Lipinski definition) is 0. The van der Waals surface area contributed by atoms with E-state index in [1.807, 2.05) is 0 Å². The van der Waals surface area contributed by atoms with Gasteiger partial charge in [-0.3, -0.25) is 14.9 Å². The zero-order chi connectivity index (χ0) is 13.3. The second-order valence-electron chi connectivity index (χ2n) is 3.01. The fourth-order valence-electron chi connectivity index (χ4n) is 1.29. The zero-order valence-corrected chi connectivity index (χ0v) is 8.71. The number of methoxy groups -OCH3 is 1. The van der Waals surface area contributed by atoms with Crippen molar-refractivity contribution in [2.45, 2.75) is 6.92 Å². The normalized spacial score (nSPS) is 10.2. The lowest BCUT2D eigenvalue weighted by molar-refractivity contribution is -0.388. The van der Waals surface area contributed by atoms with Crippen molar-refractivity contribution in [3.05, 3.63) is 33.1 Å². The molecule has 0 fully saturated rings. The molecule has 0 heterocycles. The number of carbonyl (C=O) groups excluding carboxylic acids is 1. The predicted molar refractivity (Wildman–Crippen MR) is 49.5 cm³/mol. The first kappa shape index (κ1) is 12.9. The third-order valence-corrected chi connectivity index (χ3v) is 1.99. The first-order valence-corrected chi connectivity index (χ1v) is 4.22. The van der Waals surface area contributed by atoms with Crippen LogP contribution in [0.15, 0.2) is 0 Å². The van der Waals surface area contributed by atoms with Crippen LogP contribution in [0.4, 0.5) is 18.9 Å². The minimum atomic E-state index is -1.81. The average molecular weight is 249 g/mol. The van der Waals surface area contributed by atoms with Gasteiger partial charge in [0.2, 0.25) is 17.4 Å². The Morgan fingerprint density at radius 1 is 1.24 bits per heavy atom. The number of ketones is 1. The van der Waals surface area contributed by atoms with E-state index in [9.17, 15) is 28.1 Å². The highest BCUT2D eigenvalue weighted by molar-refractivity contribution is 5.95. The molecule has 0 aromatic heterocycles. The molecule has 0 spiro atoms. The van der Waals surface area contributed by atoms with Gasteiger partial charge in [0.25, 0.3) is 0 Å². The molecule has 0 N–H and O–H groups in total. The summed E-state index contributed by atoms with van der Waals surface area (Å²) in [5, 5.41) is 10.5. The summed E-state index contributed by atoms with van der Waals surface area (Å²) in [6.45, 7) is 0.761. The maximum atomic E-state index is 13.5. The number of benzene rings is 1. The Balaban J connectivity index is 3.82. The summed E-state index contributed by atoms with van der Waals surface area (Å²) in [4.78, 5) is 20.1. The van der Waals surface area contributed by atoms with Crippen molar-refractivity contribution in [3.63, 3.8) is 0 Å². The van der Waals surface area contributed by atoms with E-state index >= 15 is 0 Å². The smallest absolute Gasteiger partial charge is 0.350 e.